The minimum Gasteiger partial charge on any atom is -0.488 e. The molecule has 124 valence electrons. The van der Waals surface area contributed by atoms with Gasteiger partial charge in [-0.15, -0.1) is 0 Å². The number of carbonyl (C=O) groups excluding carboxylic acids is 2. The first-order chi connectivity index (χ1) is 11.6. The number of hydrogen-bond donors (Lipinski definition) is 1. The van der Waals surface area contributed by atoms with Gasteiger partial charge in [0.25, 0.3) is 5.91 Å². The number of para-hydroxylation sites is 1. The lowest BCUT2D eigenvalue weighted by atomic mass is 9.95. The zero-order chi connectivity index (χ0) is 16.7. The smallest absolute Gasteiger partial charge is 0.276 e. The fourth-order valence-corrected chi connectivity index (χ4v) is 3.27. The molecule has 0 aliphatic carbocycles. The van der Waals surface area contributed by atoms with Crippen LogP contribution >= 0.6 is 0 Å². The molecular weight excluding hydrogens is 310 g/mol. The van der Waals surface area contributed by atoms with Gasteiger partial charge in [-0.05, 0) is 25.0 Å². The molecule has 0 atom stereocenters. The molecule has 0 unspecified atom stereocenters. The van der Waals surface area contributed by atoms with Crippen LogP contribution in [-0.2, 0) is 11.4 Å². The average Bonchev–Trinajstić information content (AvgIpc) is 3.05. The van der Waals surface area contributed by atoms with E-state index < -0.39 is 0 Å². The summed E-state index contributed by atoms with van der Waals surface area (Å²) in [6, 6.07) is 7.51. The largest absolute Gasteiger partial charge is 0.488 e. The molecular formula is C17H17N3O4. The summed E-state index contributed by atoms with van der Waals surface area (Å²) in [5, 5.41) is 3.99. The Bertz CT molecular complexity index is 806. The molecule has 2 amide bonds. The van der Waals surface area contributed by atoms with Gasteiger partial charge < -0.3 is 19.9 Å². The lowest BCUT2D eigenvalue weighted by Crippen LogP contribution is -2.42. The topological polar surface area (TPSA) is 98.7 Å². The third-order valence-corrected chi connectivity index (χ3v) is 4.68. The highest BCUT2D eigenvalue weighted by atomic mass is 16.5. The second-order valence-electron chi connectivity index (χ2n) is 6.09. The van der Waals surface area contributed by atoms with Gasteiger partial charge in [0.1, 0.15) is 12.4 Å². The molecule has 1 fully saturated rings. The molecule has 0 radical (unpaired) electrons. The van der Waals surface area contributed by atoms with Crippen LogP contribution in [0.15, 0.2) is 28.8 Å². The third kappa shape index (κ3) is 2.33. The maximum atomic E-state index is 12.8. The lowest BCUT2D eigenvalue weighted by Gasteiger charge is -2.30. The van der Waals surface area contributed by atoms with E-state index >= 15 is 0 Å². The number of likely N-dealkylation sites (tertiary alicyclic amines) is 1. The van der Waals surface area contributed by atoms with Gasteiger partial charge in [0.05, 0.1) is 11.1 Å². The maximum absolute atomic E-state index is 12.8. The van der Waals surface area contributed by atoms with E-state index in [1.807, 2.05) is 24.3 Å². The Balaban J connectivity index is 1.58. The van der Waals surface area contributed by atoms with Crippen molar-refractivity contribution in [3.8, 4) is 17.1 Å². The van der Waals surface area contributed by atoms with Crippen LogP contribution < -0.4 is 10.5 Å². The Morgan fingerprint density at radius 3 is 2.71 bits per heavy atom. The summed E-state index contributed by atoms with van der Waals surface area (Å²) in [5.41, 5.74) is 7.10. The van der Waals surface area contributed by atoms with Crippen LogP contribution in [0.4, 0.5) is 0 Å². The third-order valence-electron chi connectivity index (χ3n) is 4.68. The summed E-state index contributed by atoms with van der Waals surface area (Å²) < 4.78 is 11.1. The van der Waals surface area contributed by atoms with Gasteiger partial charge in [-0.1, -0.05) is 17.3 Å². The van der Waals surface area contributed by atoms with Crippen molar-refractivity contribution in [2.24, 2.45) is 11.7 Å². The summed E-state index contributed by atoms with van der Waals surface area (Å²) in [5.74, 6) is 0.668. The van der Waals surface area contributed by atoms with E-state index in [4.69, 9.17) is 15.0 Å². The van der Waals surface area contributed by atoms with E-state index in [1.165, 1.54) is 0 Å². The van der Waals surface area contributed by atoms with Crippen molar-refractivity contribution in [1.82, 2.24) is 10.1 Å². The fraction of sp³-hybridized carbons (Fsp3) is 0.353. The summed E-state index contributed by atoms with van der Waals surface area (Å²) in [7, 11) is 0. The van der Waals surface area contributed by atoms with Crippen molar-refractivity contribution < 1.29 is 18.8 Å². The highest BCUT2D eigenvalue weighted by molar-refractivity contribution is 5.95. The molecule has 2 aromatic rings. The Morgan fingerprint density at radius 2 is 1.96 bits per heavy atom. The number of nitrogens with zero attached hydrogens (tertiary/aromatic N) is 2. The predicted octanol–water partition coefficient (Wildman–Crippen LogP) is 1.57. The number of ether oxygens (including phenoxy) is 1. The van der Waals surface area contributed by atoms with E-state index in [0.29, 0.717) is 37.3 Å². The molecule has 2 aliphatic rings. The Hall–Kier alpha value is -2.83. The van der Waals surface area contributed by atoms with Crippen LogP contribution in [0.3, 0.4) is 0 Å². The molecule has 2 N–H and O–H groups in total. The zero-order valence-electron chi connectivity index (χ0n) is 13.0. The molecule has 7 heteroatoms. The lowest BCUT2D eigenvalue weighted by molar-refractivity contribution is -0.123. The number of fused-ring (bicyclic) bond motifs is 3. The normalized spacial score (nSPS) is 16.9. The highest BCUT2D eigenvalue weighted by Gasteiger charge is 2.33. The van der Waals surface area contributed by atoms with E-state index in [9.17, 15) is 9.59 Å². The molecule has 1 aromatic heterocycles. The Kier molecular flexibility index (Phi) is 3.48. The van der Waals surface area contributed by atoms with Crippen molar-refractivity contribution in [3.63, 3.8) is 0 Å². The minimum atomic E-state index is -0.300. The molecule has 0 spiro atoms. The number of nitrogens with two attached hydrogens (primary N) is 1. The number of aromatic nitrogens is 1. The second kappa shape index (κ2) is 5.67. The van der Waals surface area contributed by atoms with Crippen LogP contribution in [0.1, 0.15) is 28.9 Å². The Labute approximate surface area is 138 Å². The molecule has 0 bridgehead atoms. The van der Waals surface area contributed by atoms with E-state index in [2.05, 4.69) is 5.16 Å². The SMILES string of the molecule is NC(=O)C1CCN(C(=O)c2noc3c2COc2ccccc2-3)CC1. The zero-order valence-corrected chi connectivity index (χ0v) is 13.0. The van der Waals surface area contributed by atoms with Gasteiger partial charge in [-0.3, -0.25) is 9.59 Å². The van der Waals surface area contributed by atoms with Gasteiger partial charge in [0.2, 0.25) is 5.91 Å². The van der Waals surface area contributed by atoms with Gasteiger partial charge in [-0.25, -0.2) is 0 Å². The van der Waals surface area contributed by atoms with E-state index in [-0.39, 0.29) is 30.0 Å². The van der Waals surface area contributed by atoms with Crippen molar-refractivity contribution >= 4 is 11.8 Å². The molecule has 0 saturated carbocycles. The van der Waals surface area contributed by atoms with Crippen LogP contribution in [0, 0.1) is 5.92 Å². The first-order valence-corrected chi connectivity index (χ1v) is 7.94. The van der Waals surface area contributed by atoms with Crippen LogP contribution in [-0.4, -0.2) is 35.0 Å². The van der Waals surface area contributed by atoms with Crippen LogP contribution in [0.2, 0.25) is 0 Å². The summed E-state index contributed by atoms with van der Waals surface area (Å²) >= 11 is 0. The average molecular weight is 327 g/mol. The summed E-state index contributed by atoms with van der Waals surface area (Å²) in [4.78, 5) is 25.7. The standard InChI is InChI=1S/C17H17N3O4/c18-16(21)10-5-7-20(8-6-10)17(22)14-12-9-23-13-4-2-1-3-11(13)15(12)24-19-14/h1-4,10H,5-9H2,(H2,18,21). The van der Waals surface area contributed by atoms with Crippen LogP contribution in [0.5, 0.6) is 5.75 Å². The van der Waals surface area contributed by atoms with Crippen molar-refractivity contribution in [3.05, 3.63) is 35.5 Å². The molecule has 1 aromatic carbocycles. The van der Waals surface area contributed by atoms with Crippen molar-refractivity contribution in [1.29, 1.82) is 0 Å². The van der Waals surface area contributed by atoms with Gasteiger partial charge in [0, 0.05) is 19.0 Å². The summed E-state index contributed by atoms with van der Waals surface area (Å²) in [6.07, 6.45) is 1.17. The monoisotopic (exact) mass is 327 g/mol. The highest BCUT2D eigenvalue weighted by Crippen LogP contribution is 2.38. The summed E-state index contributed by atoms with van der Waals surface area (Å²) in [6.45, 7) is 1.24. The number of primary amides is 1. The first kappa shape index (κ1) is 14.7. The maximum Gasteiger partial charge on any atom is 0.276 e. The first-order valence-electron chi connectivity index (χ1n) is 7.94. The van der Waals surface area contributed by atoms with Crippen molar-refractivity contribution in [2.45, 2.75) is 19.4 Å². The molecule has 2 aliphatic heterocycles. The second-order valence-corrected chi connectivity index (χ2v) is 6.09. The quantitative estimate of drug-likeness (QED) is 0.902. The molecule has 7 nitrogen and oxygen atoms in total. The molecule has 24 heavy (non-hydrogen) atoms. The van der Waals surface area contributed by atoms with Gasteiger partial charge in [0.15, 0.2) is 11.5 Å². The number of rotatable bonds is 2. The predicted molar refractivity (Wildman–Crippen MR) is 84.1 cm³/mol. The van der Waals surface area contributed by atoms with Crippen molar-refractivity contribution in [2.75, 3.05) is 13.1 Å². The number of piperidine rings is 1. The number of benzene rings is 1. The van der Waals surface area contributed by atoms with E-state index in [1.54, 1.807) is 4.90 Å². The molecule has 3 heterocycles. The van der Waals surface area contributed by atoms with E-state index in [0.717, 1.165) is 11.3 Å². The van der Waals surface area contributed by atoms with Gasteiger partial charge in [-0.2, -0.15) is 0 Å². The fourth-order valence-electron chi connectivity index (χ4n) is 3.27. The molecule has 4 rings (SSSR count). The number of hydrogen-bond acceptors (Lipinski definition) is 5. The number of carbonyl (C=O) groups is 2. The van der Waals surface area contributed by atoms with Crippen LogP contribution in [0.25, 0.3) is 11.3 Å². The Morgan fingerprint density at radius 1 is 1.21 bits per heavy atom. The molecule has 1 saturated heterocycles. The number of amides is 2. The van der Waals surface area contributed by atoms with Gasteiger partial charge >= 0.3 is 0 Å². The minimum absolute atomic E-state index is 0.157.